The van der Waals surface area contributed by atoms with E-state index >= 15 is 0 Å². The van der Waals surface area contributed by atoms with Gasteiger partial charge >= 0.3 is 0 Å². The molecule has 4 rings (SSSR count). The van der Waals surface area contributed by atoms with Gasteiger partial charge in [-0.2, -0.15) is 4.31 Å². The summed E-state index contributed by atoms with van der Waals surface area (Å²) in [5.41, 5.74) is 2.42. The number of sulfonamides is 1. The lowest BCUT2D eigenvalue weighted by Gasteiger charge is -2.34. The second-order valence-corrected chi connectivity index (χ2v) is 9.48. The molecule has 2 heterocycles. The molecule has 31 heavy (non-hydrogen) atoms. The molecule has 0 radical (unpaired) electrons. The number of hydrogen-bond donors (Lipinski definition) is 1. The fraction of sp³-hybridized carbons (Fsp3) is 0.286. The maximum atomic E-state index is 13.2. The van der Waals surface area contributed by atoms with Crippen LogP contribution in [0.5, 0.6) is 0 Å². The first-order valence-electron chi connectivity index (χ1n) is 9.82. The van der Waals surface area contributed by atoms with E-state index in [4.69, 9.17) is 0 Å². The standard InChI is InChI=1S/C21H22N4O5S/c1-14-7-8-16(25(27)28)13-19(14)31(29,30)24-11-9-23(10-12-24)21(26)20-15(2)22-18-6-4-3-5-17(18)20/h3-8,13,22H,9-12H2,1-2H3. The minimum Gasteiger partial charge on any atom is -0.358 e. The molecule has 0 unspecified atom stereocenters. The maximum absolute atomic E-state index is 13.2. The van der Waals surface area contributed by atoms with Crippen LogP contribution in [0.25, 0.3) is 10.9 Å². The van der Waals surface area contributed by atoms with E-state index in [1.54, 1.807) is 11.8 Å². The van der Waals surface area contributed by atoms with Crippen molar-refractivity contribution >= 4 is 32.5 Å². The highest BCUT2D eigenvalue weighted by atomic mass is 32.2. The van der Waals surface area contributed by atoms with Crippen LogP contribution < -0.4 is 0 Å². The lowest BCUT2D eigenvalue weighted by atomic mass is 10.1. The molecule has 1 N–H and O–H groups in total. The Labute approximate surface area is 179 Å². The molecule has 0 bridgehead atoms. The number of benzene rings is 2. The summed E-state index contributed by atoms with van der Waals surface area (Å²) >= 11 is 0. The Kier molecular flexibility index (Phi) is 5.28. The molecule has 0 spiro atoms. The summed E-state index contributed by atoms with van der Waals surface area (Å²) in [6.45, 7) is 4.18. The van der Waals surface area contributed by atoms with Gasteiger partial charge in [-0.25, -0.2) is 8.42 Å². The first kappa shape index (κ1) is 21.0. The number of para-hydroxylation sites is 1. The minimum atomic E-state index is -3.91. The van der Waals surface area contributed by atoms with E-state index in [2.05, 4.69) is 4.98 Å². The van der Waals surface area contributed by atoms with Crippen molar-refractivity contribution in [3.63, 3.8) is 0 Å². The monoisotopic (exact) mass is 442 g/mol. The van der Waals surface area contributed by atoms with Gasteiger partial charge in [-0.3, -0.25) is 14.9 Å². The van der Waals surface area contributed by atoms with Crippen LogP contribution in [0, 0.1) is 24.0 Å². The van der Waals surface area contributed by atoms with Crippen molar-refractivity contribution in [2.45, 2.75) is 18.7 Å². The van der Waals surface area contributed by atoms with Gasteiger partial charge in [0.1, 0.15) is 0 Å². The van der Waals surface area contributed by atoms with Gasteiger partial charge < -0.3 is 9.88 Å². The molecule has 0 atom stereocenters. The first-order valence-corrected chi connectivity index (χ1v) is 11.3. The highest BCUT2D eigenvalue weighted by Gasteiger charge is 2.33. The smallest absolute Gasteiger partial charge is 0.270 e. The minimum absolute atomic E-state index is 0.0750. The maximum Gasteiger partial charge on any atom is 0.270 e. The molecule has 0 saturated carbocycles. The van der Waals surface area contributed by atoms with E-state index in [0.29, 0.717) is 11.1 Å². The number of hydrogen-bond acceptors (Lipinski definition) is 5. The number of non-ortho nitro benzene ring substituents is 1. The van der Waals surface area contributed by atoms with Gasteiger partial charge in [0, 0.05) is 54.9 Å². The number of carbonyl (C=O) groups is 1. The average molecular weight is 442 g/mol. The zero-order chi connectivity index (χ0) is 22.3. The topological polar surface area (TPSA) is 117 Å². The Hall–Kier alpha value is -3.24. The van der Waals surface area contributed by atoms with E-state index in [1.165, 1.54) is 16.4 Å². The van der Waals surface area contributed by atoms with Crippen molar-refractivity contribution in [2.75, 3.05) is 26.2 Å². The third-order valence-corrected chi connectivity index (χ3v) is 7.67. The number of carbonyl (C=O) groups excluding carboxylic acids is 1. The first-order chi connectivity index (χ1) is 14.7. The molecule has 1 fully saturated rings. The molecular formula is C21H22N4O5S. The zero-order valence-electron chi connectivity index (χ0n) is 17.2. The Bertz CT molecular complexity index is 1290. The molecule has 0 aliphatic carbocycles. The van der Waals surface area contributed by atoms with Gasteiger partial charge in [0.25, 0.3) is 11.6 Å². The molecule has 1 aliphatic heterocycles. The number of piperazine rings is 1. The van der Waals surface area contributed by atoms with E-state index in [0.717, 1.165) is 22.7 Å². The van der Waals surface area contributed by atoms with Crippen LogP contribution in [-0.2, 0) is 10.0 Å². The molecule has 1 aromatic heterocycles. The van der Waals surface area contributed by atoms with Crippen LogP contribution in [0.15, 0.2) is 47.4 Å². The molecule has 3 aromatic rings. The van der Waals surface area contributed by atoms with Crippen LogP contribution in [0.3, 0.4) is 0 Å². The molecular weight excluding hydrogens is 420 g/mol. The van der Waals surface area contributed by atoms with Crippen LogP contribution in [0.1, 0.15) is 21.6 Å². The summed E-state index contributed by atoms with van der Waals surface area (Å²) in [4.78, 5) is 28.4. The number of aryl methyl sites for hydroxylation is 2. The molecule has 9 nitrogen and oxygen atoms in total. The number of nitrogens with one attached hydrogen (secondary N) is 1. The molecule has 10 heteroatoms. The van der Waals surface area contributed by atoms with E-state index < -0.39 is 14.9 Å². The summed E-state index contributed by atoms with van der Waals surface area (Å²) in [6, 6.07) is 11.4. The molecule has 1 aliphatic rings. The predicted octanol–water partition coefficient (Wildman–Crippen LogP) is 2.84. The number of amides is 1. The number of aromatic nitrogens is 1. The number of rotatable bonds is 4. The summed E-state index contributed by atoms with van der Waals surface area (Å²) in [6.07, 6.45) is 0. The second kappa shape index (κ2) is 7.78. The van der Waals surface area contributed by atoms with Crippen molar-refractivity contribution in [3.8, 4) is 0 Å². The molecule has 2 aromatic carbocycles. The van der Waals surface area contributed by atoms with Crippen LogP contribution >= 0.6 is 0 Å². The normalized spacial score (nSPS) is 15.4. The van der Waals surface area contributed by atoms with Gasteiger partial charge in [0.15, 0.2) is 0 Å². The van der Waals surface area contributed by atoms with Crippen molar-refractivity contribution < 1.29 is 18.1 Å². The summed E-state index contributed by atoms with van der Waals surface area (Å²) < 4.78 is 27.5. The largest absolute Gasteiger partial charge is 0.358 e. The lowest BCUT2D eigenvalue weighted by molar-refractivity contribution is -0.385. The average Bonchev–Trinajstić information content (AvgIpc) is 3.09. The number of nitro groups is 1. The summed E-state index contributed by atoms with van der Waals surface area (Å²) in [5.74, 6) is -0.140. The van der Waals surface area contributed by atoms with Crippen molar-refractivity contribution in [3.05, 3.63) is 69.4 Å². The molecule has 1 amide bonds. The third kappa shape index (κ3) is 3.68. The third-order valence-electron chi connectivity index (χ3n) is 5.63. The van der Waals surface area contributed by atoms with Gasteiger partial charge in [-0.05, 0) is 25.5 Å². The van der Waals surface area contributed by atoms with Crippen LogP contribution in [0.2, 0.25) is 0 Å². The quantitative estimate of drug-likeness (QED) is 0.493. The van der Waals surface area contributed by atoms with Crippen molar-refractivity contribution in [2.24, 2.45) is 0 Å². The Morgan fingerprint density at radius 1 is 1.06 bits per heavy atom. The Morgan fingerprint density at radius 2 is 1.74 bits per heavy atom. The molecule has 162 valence electrons. The Morgan fingerprint density at radius 3 is 2.42 bits per heavy atom. The van der Waals surface area contributed by atoms with Crippen LogP contribution in [0.4, 0.5) is 5.69 Å². The van der Waals surface area contributed by atoms with Gasteiger partial charge in [-0.1, -0.05) is 24.3 Å². The summed E-state index contributed by atoms with van der Waals surface area (Å²) in [7, 11) is -3.91. The number of aromatic amines is 1. The second-order valence-electron chi connectivity index (χ2n) is 7.57. The lowest BCUT2D eigenvalue weighted by Crippen LogP contribution is -2.50. The number of fused-ring (bicyclic) bond motifs is 1. The zero-order valence-corrected chi connectivity index (χ0v) is 18.0. The van der Waals surface area contributed by atoms with Gasteiger partial charge in [0.2, 0.25) is 10.0 Å². The summed E-state index contributed by atoms with van der Waals surface area (Å²) in [5, 5.41) is 11.9. The molecule has 1 saturated heterocycles. The van der Waals surface area contributed by atoms with E-state index in [9.17, 15) is 23.3 Å². The van der Waals surface area contributed by atoms with Crippen LogP contribution in [-0.4, -0.2) is 59.6 Å². The Balaban J connectivity index is 1.55. The van der Waals surface area contributed by atoms with E-state index in [1.807, 2.05) is 31.2 Å². The van der Waals surface area contributed by atoms with Gasteiger partial charge in [0.05, 0.1) is 15.4 Å². The van der Waals surface area contributed by atoms with Crippen molar-refractivity contribution in [1.29, 1.82) is 0 Å². The fourth-order valence-corrected chi connectivity index (χ4v) is 5.63. The number of H-pyrrole nitrogens is 1. The highest BCUT2D eigenvalue weighted by molar-refractivity contribution is 7.89. The van der Waals surface area contributed by atoms with E-state index in [-0.39, 0.29) is 42.7 Å². The van der Waals surface area contributed by atoms with Gasteiger partial charge in [-0.15, -0.1) is 0 Å². The van der Waals surface area contributed by atoms with Crippen molar-refractivity contribution in [1.82, 2.24) is 14.2 Å². The fourth-order valence-electron chi connectivity index (χ4n) is 3.96. The predicted molar refractivity (Wildman–Crippen MR) is 116 cm³/mol. The highest BCUT2D eigenvalue weighted by Crippen LogP contribution is 2.27. The SMILES string of the molecule is Cc1ccc([N+](=O)[O-])cc1S(=O)(=O)N1CCN(C(=O)c2c(C)[nH]c3ccccc23)CC1. The number of nitrogens with zero attached hydrogens (tertiary/aromatic N) is 3. The number of nitro benzene ring substituents is 1.